The first-order chi connectivity index (χ1) is 11.3. The molecule has 4 nitrogen and oxygen atoms in total. The molecule has 3 rings (SSSR count). The van der Waals surface area contributed by atoms with Gasteiger partial charge in [0.1, 0.15) is 10.1 Å². The Morgan fingerprint density at radius 3 is 2.78 bits per heavy atom. The van der Waals surface area contributed by atoms with E-state index in [1.54, 1.807) is 18.9 Å². The molecule has 0 bridgehead atoms. The predicted octanol–water partition coefficient (Wildman–Crippen LogP) is 3.34. The highest BCUT2D eigenvalue weighted by Crippen LogP contribution is 2.25. The standard InChI is InChI=1S/C17H19N3OS2/c1-21-16-8-3-2-6-14(16)10-19-12-20(17(22)23-13-19)11-15-7-4-5-9-18-15/h2-9H,10-13H2,1H3. The van der Waals surface area contributed by atoms with Crippen molar-refractivity contribution in [3.8, 4) is 5.75 Å². The van der Waals surface area contributed by atoms with E-state index in [9.17, 15) is 0 Å². The Morgan fingerprint density at radius 1 is 1.17 bits per heavy atom. The quantitative estimate of drug-likeness (QED) is 0.772. The van der Waals surface area contributed by atoms with Crippen molar-refractivity contribution >= 4 is 28.3 Å². The number of nitrogens with zero attached hydrogens (tertiary/aromatic N) is 3. The van der Waals surface area contributed by atoms with Crippen molar-refractivity contribution in [3.63, 3.8) is 0 Å². The number of benzene rings is 1. The van der Waals surface area contributed by atoms with Crippen molar-refractivity contribution < 1.29 is 4.74 Å². The Kier molecular flexibility index (Phi) is 5.48. The summed E-state index contributed by atoms with van der Waals surface area (Å²) in [4.78, 5) is 8.95. The van der Waals surface area contributed by atoms with Gasteiger partial charge in [-0.05, 0) is 18.2 Å². The lowest BCUT2D eigenvalue weighted by atomic mass is 10.2. The van der Waals surface area contributed by atoms with Gasteiger partial charge in [0, 0.05) is 18.3 Å². The zero-order chi connectivity index (χ0) is 16.1. The number of hydrogen-bond donors (Lipinski definition) is 0. The van der Waals surface area contributed by atoms with Crippen LogP contribution in [-0.2, 0) is 13.1 Å². The Hall–Kier alpha value is -1.63. The maximum Gasteiger partial charge on any atom is 0.139 e. The molecule has 1 fully saturated rings. The van der Waals surface area contributed by atoms with Crippen molar-refractivity contribution in [3.05, 3.63) is 59.9 Å². The largest absolute Gasteiger partial charge is 0.496 e. The van der Waals surface area contributed by atoms with Crippen molar-refractivity contribution in [1.29, 1.82) is 0 Å². The smallest absolute Gasteiger partial charge is 0.139 e. The maximum absolute atomic E-state index is 5.50. The molecule has 6 heteroatoms. The van der Waals surface area contributed by atoms with Crippen LogP contribution in [0.3, 0.4) is 0 Å². The van der Waals surface area contributed by atoms with Crippen LogP contribution in [0.15, 0.2) is 48.7 Å². The molecule has 0 unspecified atom stereocenters. The average Bonchev–Trinajstić information content (AvgIpc) is 2.59. The van der Waals surface area contributed by atoms with Gasteiger partial charge in [-0.15, -0.1) is 0 Å². The summed E-state index contributed by atoms with van der Waals surface area (Å²) in [5.41, 5.74) is 2.23. The first-order valence-corrected chi connectivity index (χ1v) is 8.81. The summed E-state index contributed by atoms with van der Waals surface area (Å²) in [6.07, 6.45) is 1.82. The molecule has 120 valence electrons. The van der Waals surface area contributed by atoms with Crippen molar-refractivity contribution in [2.45, 2.75) is 13.1 Å². The minimum absolute atomic E-state index is 0.745. The molecule has 2 aromatic rings. The molecule has 1 saturated heterocycles. The van der Waals surface area contributed by atoms with Gasteiger partial charge in [0.25, 0.3) is 0 Å². The minimum Gasteiger partial charge on any atom is -0.496 e. The number of rotatable bonds is 5. The van der Waals surface area contributed by atoms with Crippen LogP contribution < -0.4 is 4.74 Å². The molecule has 0 saturated carbocycles. The highest BCUT2D eigenvalue weighted by Gasteiger charge is 2.22. The Balaban J connectivity index is 1.67. The Morgan fingerprint density at radius 2 is 2.00 bits per heavy atom. The third kappa shape index (κ3) is 4.22. The van der Waals surface area contributed by atoms with E-state index in [4.69, 9.17) is 17.0 Å². The number of para-hydroxylation sites is 1. The molecule has 0 atom stereocenters. The molecule has 1 aromatic heterocycles. The summed E-state index contributed by atoms with van der Waals surface area (Å²) in [5, 5.41) is 0. The molecule has 1 aliphatic heterocycles. The molecule has 0 N–H and O–H groups in total. The SMILES string of the molecule is COc1ccccc1CN1CSC(=S)N(Cc2ccccn2)C1. The second-order valence-corrected chi connectivity index (χ2v) is 6.92. The number of thioether (sulfide) groups is 1. The molecular formula is C17H19N3OS2. The van der Waals surface area contributed by atoms with Gasteiger partial charge < -0.3 is 9.64 Å². The van der Waals surface area contributed by atoms with Crippen molar-refractivity contribution in [1.82, 2.24) is 14.8 Å². The van der Waals surface area contributed by atoms with Crippen LogP contribution in [0.2, 0.25) is 0 Å². The van der Waals surface area contributed by atoms with Crippen LogP contribution in [0.4, 0.5) is 0 Å². The van der Waals surface area contributed by atoms with E-state index in [1.807, 2.05) is 42.6 Å². The molecule has 0 radical (unpaired) electrons. The fourth-order valence-electron chi connectivity index (χ4n) is 2.55. The van der Waals surface area contributed by atoms with Crippen LogP contribution in [0.5, 0.6) is 5.75 Å². The third-order valence-electron chi connectivity index (χ3n) is 3.66. The number of ether oxygens (including phenoxy) is 1. The van der Waals surface area contributed by atoms with Crippen LogP contribution in [0, 0.1) is 0 Å². The van der Waals surface area contributed by atoms with E-state index in [0.29, 0.717) is 0 Å². The normalized spacial score (nSPS) is 15.7. The zero-order valence-electron chi connectivity index (χ0n) is 13.0. The molecule has 0 amide bonds. The fourth-order valence-corrected chi connectivity index (χ4v) is 3.60. The summed E-state index contributed by atoms with van der Waals surface area (Å²) >= 11 is 7.20. The molecule has 2 heterocycles. The predicted molar refractivity (Wildman–Crippen MR) is 98.2 cm³/mol. The first kappa shape index (κ1) is 16.2. The highest BCUT2D eigenvalue weighted by atomic mass is 32.2. The molecule has 0 spiro atoms. The van der Waals surface area contributed by atoms with Gasteiger partial charge >= 0.3 is 0 Å². The summed E-state index contributed by atoms with van der Waals surface area (Å²) in [6, 6.07) is 14.1. The lowest BCUT2D eigenvalue weighted by Gasteiger charge is -2.36. The van der Waals surface area contributed by atoms with E-state index >= 15 is 0 Å². The zero-order valence-corrected chi connectivity index (χ0v) is 14.6. The minimum atomic E-state index is 0.745. The third-order valence-corrected chi connectivity index (χ3v) is 5.28. The molecule has 23 heavy (non-hydrogen) atoms. The van der Waals surface area contributed by atoms with Gasteiger partial charge in [-0.1, -0.05) is 48.2 Å². The Labute approximate surface area is 146 Å². The second kappa shape index (κ2) is 7.77. The molecular weight excluding hydrogens is 326 g/mol. The summed E-state index contributed by atoms with van der Waals surface area (Å²) < 4.78 is 6.38. The first-order valence-electron chi connectivity index (χ1n) is 7.42. The van der Waals surface area contributed by atoms with Gasteiger partial charge in [-0.25, -0.2) is 0 Å². The average molecular weight is 345 g/mol. The van der Waals surface area contributed by atoms with Gasteiger partial charge in [0.05, 0.1) is 31.9 Å². The summed E-state index contributed by atoms with van der Waals surface area (Å²) in [6.45, 7) is 2.40. The van der Waals surface area contributed by atoms with Crippen molar-refractivity contribution in [2.24, 2.45) is 0 Å². The molecule has 0 aliphatic carbocycles. The fraction of sp³-hybridized carbons (Fsp3) is 0.294. The lowest BCUT2D eigenvalue weighted by Crippen LogP contribution is -2.44. The van der Waals surface area contributed by atoms with Crippen LogP contribution in [0.1, 0.15) is 11.3 Å². The van der Waals surface area contributed by atoms with Crippen LogP contribution in [0.25, 0.3) is 0 Å². The van der Waals surface area contributed by atoms with Gasteiger partial charge in [-0.3, -0.25) is 9.88 Å². The monoisotopic (exact) mass is 345 g/mol. The van der Waals surface area contributed by atoms with E-state index in [-0.39, 0.29) is 0 Å². The molecule has 1 aliphatic rings. The maximum atomic E-state index is 5.50. The van der Waals surface area contributed by atoms with E-state index in [1.165, 1.54) is 5.56 Å². The number of pyridine rings is 1. The van der Waals surface area contributed by atoms with E-state index < -0.39 is 0 Å². The van der Waals surface area contributed by atoms with Crippen molar-refractivity contribution in [2.75, 3.05) is 19.7 Å². The van der Waals surface area contributed by atoms with Gasteiger partial charge in [0.15, 0.2) is 0 Å². The molecule has 1 aromatic carbocycles. The van der Waals surface area contributed by atoms with Gasteiger partial charge in [0.2, 0.25) is 0 Å². The number of aromatic nitrogens is 1. The topological polar surface area (TPSA) is 28.6 Å². The second-order valence-electron chi connectivity index (χ2n) is 5.34. The summed E-state index contributed by atoms with van der Waals surface area (Å²) in [7, 11) is 1.71. The number of methoxy groups -OCH3 is 1. The van der Waals surface area contributed by atoms with E-state index in [2.05, 4.69) is 20.9 Å². The number of thiocarbonyl (C=S) groups is 1. The van der Waals surface area contributed by atoms with Crippen LogP contribution >= 0.6 is 24.0 Å². The lowest BCUT2D eigenvalue weighted by molar-refractivity contribution is 0.198. The summed E-state index contributed by atoms with van der Waals surface area (Å²) in [5.74, 6) is 1.83. The van der Waals surface area contributed by atoms with E-state index in [0.717, 1.165) is 41.4 Å². The van der Waals surface area contributed by atoms with Crippen LogP contribution in [-0.4, -0.2) is 38.8 Å². The Bertz CT molecular complexity index is 666. The van der Waals surface area contributed by atoms with Gasteiger partial charge in [-0.2, -0.15) is 0 Å². The highest BCUT2D eigenvalue weighted by molar-refractivity contribution is 8.22. The number of hydrogen-bond acceptors (Lipinski definition) is 5.